The van der Waals surface area contributed by atoms with Crippen molar-refractivity contribution in [3.05, 3.63) is 0 Å². The summed E-state index contributed by atoms with van der Waals surface area (Å²) in [6.07, 6.45) is 2.49. The largest absolute Gasteiger partial charge is 0.448 e. The van der Waals surface area contributed by atoms with Gasteiger partial charge in [-0.15, -0.1) is 0 Å². The third kappa shape index (κ3) is 22.9. The van der Waals surface area contributed by atoms with Crippen molar-refractivity contribution in [1.82, 2.24) is 0 Å². The van der Waals surface area contributed by atoms with Crippen LogP contribution in [0.25, 0.3) is 0 Å². The number of carbonyl (C=O) groups excluding carboxylic acids is 1. The van der Waals surface area contributed by atoms with E-state index in [0.29, 0.717) is 6.42 Å². The minimum absolute atomic E-state index is 0.0761. The summed E-state index contributed by atoms with van der Waals surface area (Å²) in [4.78, 5) is 10.1. The molecule has 0 unspecified atom stereocenters. The number of carbonyl (C=O) groups is 1. The van der Waals surface area contributed by atoms with E-state index >= 15 is 0 Å². The molecule has 0 aliphatic carbocycles. The van der Waals surface area contributed by atoms with Crippen LogP contribution in [0.3, 0.4) is 0 Å². The van der Waals surface area contributed by atoms with Crippen molar-refractivity contribution in [3.63, 3.8) is 0 Å². The van der Waals surface area contributed by atoms with Gasteiger partial charge >= 0.3 is 26.8 Å². The summed E-state index contributed by atoms with van der Waals surface area (Å²) in [6.45, 7) is 3.48. The van der Waals surface area contributed by atoms with E-state index in [0.717, 1.165) is 12.8 Å². The maximum Gasteiger partial charge on any atom is 0.448 e. The van der Waals surface area contributed by atoms with Gasteiger partial charge in [0, 0.05) is 6.42 Å². The Morgan fingerprint density at radius 2 is 1.53 bits per heavy atom. The Morgan fingerprint density at radius 1 is 1.00 bits per heavy atom. The highest BCUT2D eigenvalue weighted by atomic mass is 32.3. The molecular weight excluding hydrogens is 304 g/mol. The number of hydrogen-bond acceptors (Lipinski definition) is 7. The second-order valence-electron chi connectivity index (χ2n) is 3.19. The van der Waals surface area contributed by atoms with Crippen LogP contribution in [-0.4, -0.2) is 38.5 Å². The van der Waals surface area contributed by atoms with Crippen molar-refractivity contribution in [2.75, 3.05) is 6.61 Å². The lowest BCUT2D eigenvalue weighted by atomic mass is 10.3. The van der Waals surface area contributed by atoms with Crippen molar-refractivity contribution >= 4 is 26.8 Å². The lowest BCUT2D eigenvalue weighted by Crippen LogP contribution is -2.09. The molecular formula is C8H18O9S2. The minimum Gasteiger partial charge on any atom is -0.325 e. The van der Waals surface area contributed by atoms with E-state index in [1.807, 2.05) is 6.92 Å². The van der Waals surface area contributed by atoms with Crippen LogP contribution in [-0.2, 0) is 34.0 Å². The maximum atomic E-state index is 10.1. The molecule has 0 rings (SSSR count). The topological polar surface area (TPSA) is 144 Å². The highest BCUT2D eigenvalue weighted by Gasteiger charge is 2.09. The van der Waals surface area contributed by atoms with Gasteiger partial charge in [0.1, 0.15) is 0 Å². The maximum absolute atomic E-state index is 10.1. The number of hydrogen-bond donors (Lipinski definition) is 2. The zero-order chi connectivity index (χ0) is 15.5. The standard InChI is InChI=1S/C5H12O4S.C3H6O5S/c1-2-3-4-5-9-10(6,7)8;1-2-3(4)8-9(5,6)7/h2-5H2,1H3,(H,6,7,8);2H2,1H3,(H,5,6,7). The van der Waals surface area contributed by atoms with Crippen LogP contribution in [0.4, 0.5) is 0 Å². The molecule has 19 heavy (non-hydrogen) atoms. The quantitative estimate of drug-likeness (QED) is 0.512. The highest BCUT2D eigenvalue weighted by molar-refractivity contribution is 7.81. The molecule has 0 aliphatic heterocycles. The summed E-state index contributed by atoms with van der Waals surface area (Å²) in [5.74, 6) is -0.975. The molecule has 0 amide bonds. The van der Waals surface area contributed by atoms with Gasteiger partial charge in [-0.3, -0.25) is 13.9 Å². The fraction of sp³-hybridized carbons (Fsp3) is 0.875. The Morgan fingerprint density at radius 3 is 1.79 bits per heavy atom. The molecule has 11 heteroatoms. The van der Waals surface area contributed by atoms with E-state index in [1.54, 1.807) is 0 Å². The Bertz CT molecular complexity index is 437. The van der Waals surface area contributed by atoms with Crippen molar-refractivity contribution in [2.45, 2.75) is 39.5 Å². The zero-order valence-corrected chi connectivity index (χ0v) is 12.2. The lowest BCUT2D eigenvalue weighted by Gasteiger charge is -1.96. The first-order valence-electron chi connectivity index (χ1n) is 5.33. The lowest BCUT2D eigenvalue weighted by molar-refractivity contribution is -0.133. The molecule has 2 N–H and O–H groups in total. The number of rotatable bonds is 7. The van der Waals surface area contributed by atoms with Crippen molar-refractivity contribution in [3.8, 4) is 0 Å². The van der Waals surface area contributed by atoms with Gasteiger partial charge in [0.2, 0.25) is 0 Å². The Hall–Kier alpha value is -0.750. The predicted octanol–water partition coefficient (Wildman–Crippen LogP) is 0.738. The van der Waals surface area contributed by atoms with Crippen LogP contribution < -0.4 is 0 Å². The molecule has 0 fully saturated rings. The van der Waals surface area contributed by atoms with Crippen LogP contribution in [0.15, 0.2) is 0 Å². The summed E-state index contributed by atoms with van der Waals surface area (Å²) >= 11 is 0. The van der Waals surface area contributed by atoms with Gasteiger partial charge < -0.3 is 4.18 Å². The average Bonchev–Trinajstić information content (AvgIpc) is 2.21. The van der Waals surface area contributed by atoms with Crippen LogP contribution >= 0.6 is 0 Å². The van der Waals surface area contributed by atoms with Gasteiger partial charge in [-0.25, -0.2) is 4.18 Å². The SMILES string of the molecule is CCC(=O)OS(=O)(=O)O.CCCCCOS(=O)(=O)O. The first kappa shape index (κ1) is 20.6. The van der Waals surface area contributed by atoms with Crippen LogP contribution in [0.2, 0.25) is 0 Å². The molecule has 0 heterocycles. The second kappa shape index (κ2) is 10.1. The molecule has 0 aromatic heterocycles. The first-order valence-corrected chi connectivity index (χ1v) is 8.06. The highest BCUT2D eigenvalue weighted by Crippen LogP contribution is 1.96. The van der Waals surface area contributed by atoms with Gasteiger partial charge in [0.05, 0.1) is 6.61 Å². The van der Waals surface area contributed by atoms with Gasteiger partial charge in [-0.1, -0.05) is 26.7 Å². The Labute approximate surface area is 112 Å². The first-order chi connectivity index (χ1) is 8.52. The second-order valence-corrected chi connectivity index (χ2v) is 5.31. The predicted molar refractivity (Wildman–Crippen MR) is 65.0 cm³/mol. The third-order valence-corrected chi connectivity index (χ3v) is 2.33. The molecule has 0 atom stereocenters. The Balaban J connectivity index is 0. The summed E-state index contributed by atoms with van der Waals surface area (Å²) in [5.41, 5.74) is 0. The summed E-state index contributed by atoms with van der Waals surface area (Å²) < 4.78 is 62.7. The number of unbranched alkanes of at least 4 members (excludes halogenated alkanes) is 2. The molecule has 0 aromatic rings. The van der Waals surface area contributed by atoms with Crippen LogP contribution in [0.5, 0.6) is 0 Å². The van der Waals surface area contributed by atoms with E-state index < -0.39 is 26.8 Å². The van der Waals surface area contributed by atoms with E-state index in [9.17, 15) is 21.6 Å². The molecule has 0 bridgehead atoms. The van der Waals surface area contributed by atoms with Gasteiger partial charge in [-0.05, 0) is 6.42 Å². The normalized spacial score (nSPS) is 11.4. The monoisotopic (exact) mass is 322 g/mol. The van der Waals surface area contributed by atoms with E-state index in [4.69, 9.17) is 9.11 Å². The summed E-state index contributed by atoms with van der Waals surface area (Å²) in [6, 6.07) is 0. The third-order valence-electron chi connectivity index (χ3n) is 1.47. The van der Waals surface area contributed by atoms with Gasteiger partial charge in [-0.2, -0.15) is 16.8 Å². The van der Waals surface area contributed by atoms with Crippen molar-refractivity contribution < 1.29 is 39.1 Å². The average molecular weight is 322 g/mol. The zero-order valence-electron chi connectivity index (χ0n) is 10.6. The molecule has 0 saturated carbocycles. The van der Waals surface area contributed by atoms with Gasteiger partial charge in [0.15, 0.2) is 0 Å². The van der Waals surface area contributed by atoms with E-state index in [2.05, 4.69) is 8.37 Å². The fourth-order valence-corrected chi connectivity index (χ4v) is 1.37. The van der Waals surface area contributed by atoms with Gasteiger partial charge in [0.25, 0.3) is 0 Å². The molecule has 0 aromatic carbocycles. The summed E-state index contributed by atoms with van der Waals surface area (Å²) in [5, 5.41) is 0. The summed E-state index contributed by atoms with van der Waals surface area (Å²) in [7, 11) is -8.79. The molecule has 0 aliphatic rings. The fourth-order valence-electron chi connectivity index (χ4n) is 0.693. The minimum atomic E-state index is -4.58. The molecule has 0 saturated heterocycles. The smallest absolute Gasteiger partial charge is 0.325 e. The molecule has 0 radical (unpaired) electrons. The molecule has 9 nitrogen and oxygen atoms in total. The Kier molecular flexibility index (Phi) is 10.9. The van der Waals surface area contributed by atoms with Crippen molar-refractivity contribution in [1.29, 1.82) is 0 Å². The molecule has 116 valence electrons. The molecule has 0 spiro atoms. The van der Waals surface area contributed by atoms with Crippen LogP contribution in [0, 0.1) is 0 Å². The van der Waals surface area contributed by atoms with E-state index in [1.165, 1.54) is 6.92 Å². The van der Waals surface area contributed by atoms with Crippen LogP contribution in [0.1, 0.15) is 39.5 Å². The van der Waals surface area contributed by atoms with Crippen molar-refractivity contribution in [2.24, 2.45) is 0 Å². The van der Waals surface area contributed by atoms with E-state index in [-0.39, 0.29) is 13.0 Å².